The van der Waals surface area contributed by atoms with Gasteiger partial charge in [0.2, 0.25) is 0 Å². The van der Waals surface area contributed by atoms with E-state index in [1.54, 1.807) is 0 Å². The van der Waals surface area contributed by atoms with Gasteiger partial charge in [-0.2, -0.15) is 17.0 Å². The third kappa shape index (κ3) is 3.48. The van der Waals surface area contributed by atoms with Crippen LogP contribution < -0.4 is 5.32 Å². The van der Waals surface area contributed by atoms with Gasteiger partial charge in [-0.05, 0) is 48.8 Å². The maximum Gasteiger partial charge on any atom is 0.144 e. The average Bonchev–Trinajstić information content (AvgIpc) is 2.80. The topological polar surface area (TPSA) is 48.7 Å². The molecule has 0 spiro atoms. The molecule has 0 radical (unpaired) electrons. The summed E-state index contributed by atoms with van der Waals surface area (Å²) in [4.78, 5) is 4.62. The van der Waals surface area contributed by atoms with Gasteiger partial charge in [-0.25, -0.2) is 4.98 Å². The third-order valence-corrected chi connectivity index (χ3v) is 5.08. The summed E-state index contributed by atoms with van der Waals surface area (Å²) in [5, 5.41) is 13.8. The van der Waals surface area contributed by atoms with Crippen molar-refractivity contribution in [1.82, 2.24) is 4.98 Å². The van der Waals surface area contributed by atoms with Crippen LogP contribution in [0.4, 0.5) is 5.82 Å². The van der Waals surface area contributed by atoms with Crippen LogP contribution in [-0.4, -0.2) is 23.0 Å². The molecule has 1 aromatic carbocycles. The van der Waals surface area contributed by atoms with Gasteiger partial charge in [0.1, 0.15) is 11.9 Å². The SMILES string of the molecule is N#Cc1cc2ccccc2nc1NCC1CCCSCC1. The van der Waals surface area contributed by atoms with E-state index in [9.17, 15) is 5.26 Å². The Morgan fingerprint density at radius 2 is 2.19 bits per heavy atom. The first kappa shape index (κ1) is 14.2. The van der Waals surface area contributed by atoms with Crippen LogP contribution in [0.25, 0.3) is 10.9 Å². The van der Waals surface area contributed by atoms with Crippen molar-refractivity contribution in [3.8, 4) is 6.07 Å². The van der Waals surface area contributed by atoms with Crippen molar-refractivity contribution < 1.29 is 0 Å². The molecule has 0 amide bonds. The van der Waals surface area contributed by atoms with Gasteiger partial charge >= 0.3 is 0 Å². The van der Waals surface area contributed by atoms with Gasteiger partial charge in [0.25, 0.3) is 0 Å². The van der Waals surface area contributed by atoms with E-state index >= 15 is 0 Å². The molecule has 3 nitrogen and oxygen atoms in total. The largest absolute Gasteiger partial charge is 0.369 e. The van der Waals surface area contributed by atoms with Crippen LogP contribution in [0, 0.1) is 17.2 Å². The monoisotopic (exact) mass is 297 g/mol. The van der Waals surface area contributed by atoms with Crippen LogP contribution in [0.15, 0.2) is 30.3 Å². The van der Waals surface area contributed by atoms with Gasteiger partial charge in [-0.3, -0.25) is 0 Å². The molecule has 0 bridgehead atoms. The first-order valence-corrected chi connectivity index (χ1v) is 8.64. The van der Waals surface area contributed by atoms with Crippen LogP contribution in [0.3, 0.4) is 0 Å². The predicted molar refractivity (Wildman–Crippen MR) is 89.6 cm³/mol. The second-order valence-electron chi connectivity index (χ2n) is 5.48. The Hall–Kier alpha value is -1.73. The van der Waals surface area contributed by atoms with Gasteiger partial charge in [-0.15, -0.1) is 0 Å². The fourth-order valence-corrected chi connectivity index (χ4v) is 3.83. The number of nitriles is 1. The second-order valence-corrected chi connectivity index (χ2v) is 6.70. The Labute approximate surface area is 129 Å². The summed E-state index contributed by atoms with van der Waals surface area (Å²) >= 11 is 2.05. The number of hydrogen-bond acceptors (Lipinski definition) is 4. The van der Waals surface area contributed by atoms with Crippen LogP contribution in [0.5, 0.6) is 0 Å². The van der Waals surface area contributed by atoms with E-state index in [0.717, 1.165) is 23.3 Å². The molecule has 4 heteroatoms. The lowest BCUT2D eigenvalue weighted by Crippen LogP contribution is -2.16. The Bertz CT molecular complexity index is 655. The molecule has 1 atom stereocenters. The molecule has 1 aliphatic heterocycles. The highest BCUT2D eigenvalue weighted by Gasteiger charge is 2.13. The average molecular weight is 297 g/mol. The van der Waals surface area contributed by atoms with Crippen molar-refractivity contribution in [1.29, 1.82) is 5.26 Å². The number of nitrogens with zero attached hydrogens (tertiary/aromatic N) is 2. The van der Waals surface area contributed by atoms with Crippen molar-refractivity contribution in [2.75, 3.05) is 23.4 Å². The van der Waals surface area contributed by atoms with Crippen molar-refractivity contribution in [2.24, 2.45) is 5.92 Å². The molecule has 1 aromatic heterocycles. The Morgan fingerprint density at radius 3 is 3.10 bits per heavy atom. The molecule has 21 heavy (non-hydrogen) atoms. The summed E-state index contributed by atoms with van der Waals surface area (Å²) in [6.07, 6.45) is 3.83. The molecular weight excluding hydrogens is 278 g/mol. The lowest BCUT2D eigenvalue weighted by Gasteiger charge is -2.16. The van der Waals surface area contributed by atoms with Crippen LogP contribution in [0.1, 0.15) is 24.8 Å². The predicted octanol–water partition coefficient (Wildman–Crippen LogP) is 4.05. The number of benzene rings is 1. The van der Waals surface area contributed by atoms with Gasteiger partial charge in [0.15, 0.2) is 0 Å². The molecule has 1 unspecified atom stereocenters. The molecular formula is C17H19N3S. The summed E-state index contributed by atoms with van der Waals surface area (Å²) in [7, 11) is 0. The van der Waals surface area contributed by atoms with Crippen molar-refractivity contribution in [3.05, 3.63) is 35.9 Å². The molecule has 0 aliphatic carbocycles. The van der Waals surface area contributed by atoms with Crippen LogP contribution >= 0.6 is 11.8 Å². The first-order valence-electron chi connectivity index (χ1n) is 7.48. The van der Waals surface area contributed by atoms with Gasteiger partial charge < -0.3 is 5.32 Å². The van der Waals surface area contributed by atoms with Crippen molar-refractivity contribution in [3.63, 3.8) is 0 Å². The Morgan fingerprint density at radius 1 is 1.29 bits per heavy atom. The molecule has 108 valence electrons. The van der Waals surface area contributed by atoms with E-state index in [-0.39, 0.29) is 0 Å². The van der Waals surface area contributed by atoms with Crippen LogP contribution in [-0.2, 0) is 0 Å². The number of rotatable bonds is 3. The second kappa shape index (κ2) is 6.82. The number of thioether (sulfide) groups is 1. The molecule has 1 N–H and O–H groups in total. The highest BCUT2D eigenvalue weighted by molar-refractivity contribution is 7.99. The van der Waals surface area contributed by atoms with Gasteiger partial charge in [0.05, 0.1) is 11.1 Å². The van der Waals surface area contributed by atoms with E-state index in [0.29, 0.717) is 11.5 Å². The normalized spacial score (nSPS) is 18.9. The van der Waals surface area contributed by atoms with Gasteiger partial charge in [0, 0.05) is 11.9 Å². The smallest absolute Gasteiger partial charge is 0.144 e. The van der Waals surface area contributed by atoms with Crippen molar-refractivity contribution >= 4 is 28.5 Å². The molecule has 1 saturated heterocycles. The summed E-state index contributed by atoms with van der Waals surface area (Å²) < 4.78 is 0. The summed E-state index contributed by atoms with van der Waals surface area (Å²) in [6, 6.07) is 12.1. The number of anilines is 1. The number of pyridine rings is 1. The summed E-state index contributed by atoms with van der Waals surface area (Å²) in [5.74, 6) is 3.96. The van der Waals surface area contributed by atoms with E-state index in [1.165, 1.54) is 30.8 Å². The zero-order valence-corrected chi connectivity index (χ0v) is 12.8. The van der Waals surface area contributed by atoms with Crippen molar-refractivity contribution in [2.45, 2.75) is 19.3 Å². The van der Waals surface area contributed by atoms with Gasteiger partial charge in [-0.1, -0.05) is 18.2 Å². The van der Waals surface area contributed by atoms with E-state index in [4.69, 9.17) is 0 Å². The van der Waals surface area contributed by atoms with Crippen LogP contribution in [0.2, 0.25) is 0 Å². The number of aromatic nitrogens is 1. The molecule has 1 aliphatic rings. The molecule has 1 fully saturated rings. The Balaban J connectivity index is 1.77. The number of hydrogen-bond donors (Lipinski definition) is 1. The van der Waals surface area contributed by atoms with E-state index < -0.39 is 0 Å². The highest BCUT2D eigenvalue weighted by atomic mass is 32.2. The fraction of sp³-hybridized carbons (Fsp3) is 0.412. The lowest BCUT2D eigenvalue weighted by molar-refractivity contribution is 0.500. The minimum Gasteiger partial charge on any atom is -0.369 e. The minimum atomic E-state index is 0.636. The lowest BCUT2D eigenvalue weighted by atomic mass is 10.0. The standard InChI is InChI=1S/C17H19N3S/c18-11-15-10-14-5-1-2-6-16(14)20-17(15)19-12-13-4-3-8-21-9-7-13/h1-2,5-6,10,13H,3-4,7-9,12H2,(H,19,20). The number of nitrogens with one attached hydrogen (secondary N) is 1. The third-order valence-electron chi connectivity index (χ3n) is 3.97. The number of para-hydroxylation sites is 1. The maximum atomic E-state index is 9.33. The molecule has 2 heterocycles. The maximum absolute atomic E-state index is 9.33. The zero-order valence-electron chi connectivity index (χ0n) is 12.0. The Kier molecular flexibility index (Phi) is 4.62. The first-order chi connectivity index (χ1) is 10.4. The molecule has 0 saturated carbocycles. The summed E-state index contributed by atoms with van der Waals surface area (Å²) in [6.45, 7) is 0.917. The minimum absolute atomic E-state index is 0.636. The zero-order chi connectivity index (χ0) is 14.5. The van der Waals surface area contributed by atoms with E-state index in [2.05, 4.69) is 28.1 Å². The molecule has 3 rings (SSSR count). The fourth-order valence-electron chi connectivity index (χ4n) is 2.75. The van der Waals surface area contributed by atoms with E-state index in [1.807, 2.05) is 30.3 Å². The number of fused-ring (bicyclic) bond motifs is 1. The highest BCUT2D eigenvalue weighted by Crippen LogP contribution is 2.24. The quantitative estimate of drug-likeness (QED) is 0.928. The molecule has 2 aromatic rings. The summed E-state index contributed by atoms with van der Waals surface area (Å²) in [5.41, 5.74) is 1.58.